The van der Waals surface area contributed by atoms with Crippen molar-refractivity contribution in [1.82, 2.24) is 14.1 Å². The van der Waals surface area contributed by atoms with E-state index < -0.39 is 15.9 Å². The predicted molar refractivity (Wildman–Crippen MR) is 125 cm³/mol. The molecule has 0 bridgehead atoms. The molecule has 0 fully saturated rings. The fourth-order valence-corrected chi connectivity index (χ4v) is 6.51. The summed E-state index contributed by atoms with van der Waals surface area (Å²) in [6, 6.07) is 22.1. The zero-order chi connectivity index (χ0) is 23.0. The molecule has 1 aliphatic heterocycles. The smallest absolute Gasteiger partial charge is 0.292 e. The number of thiophene rings is 1. The van der Waals surface area contributed by atoms with E-state index in [-0.39, 0.29) is 29.8 Å². The minimum Gasteiger partial charge on any atom is -0.395 e. The van der Waals surface area contributed by atoms with Crippen molar-refractivity contribution in [3.05, 3.63) is 95.8 Å². The molecule has 168 valence electrons. The van der Waals surface area contributed by atoms with E-state index in [1.54, 1.807) is 17.0 Å². The molecule has 0 aliphatic carbocycles. The van der Waals surface area contributed by atoms with Crippen molar-refractivity contribution >= 4 is 27.3 Å². The summed E-state index contributed by atoms with van der Waals surface area (Å²) in [6.07, 6.45) is 1.48. The van der Waals surface area contributed by atoms with Gasteiger partial charge in [-0.1, -0.05) is 60.7 Å². The van der Waals surface area contributed by atoms with Gasteiger partial charge in [-0.25, -0.2) is 0 Å². The van der Waals surface area contributed by atoms with E-state index in [4.69, 9.17) is 0 Å². The normalized spacial score (nSPS) is 14.3. The van der Waals surface area contributed by atoms with Gasteiger partial charge < -0.3 is 10.0 Å². The molecule has 5 rings (SSSR count). The number of carbonyl (C=O) groups is 1. The Morgan fingerprint density at radius 2 is 1.70 bits per heavy atom. The van der Waals surface area contributed by atoms with Crippen LogP contribution in [0.4, 0.5) is 0 Å². The third-order valence-electron chi connectivity index (χ3n) is 5.69. The lowest BCUT2D eigenvalue weighted by Gasteiger charge is -2.22. The number of carbonyl (C=O) groups excluding carboxylic acids is 1. The number of nitrogens with zero attached hydrogens (tertiary/aromatic N) is 3. The molecule has 0 spiro atoms. The molecular weight excluding hydrogens is 458 g/mol. The summed E-state index contributed by atoms with van der Waals surface area (Å²) in [5, 5.41) is 14.1. The molecule has 9 heteroatoms. The summed E-state index contributed by atoms with van der Waals surface area (Å²) < 4.78 is 27.5. The van der Waals surface area contributed by atoms with Gasteiger partial charge in [-0.3, -0.25) is 4.79 Å². The zero-order valence-corrected chi connectivity index (χ0v) is 19.2. The maximum absolute atomic E-state index is 13.1. The molecule has 0 saturated carbocycles. The lowest BCUT2D eigenvalue weighted by Crippen LogP contribution is -2.33. The fourth-order valence-electron chi connectivity index (χ4n) is 3.95. The van der Waals surface area contributed by atoms with Gasteiger partial charge in [0.25, 0.3) is 10.0 Å². The van der Waals surface area contributed by atoms with E-state index in [1.807, 2.05) is 60.7 Å². The van der Waals surface area contributed by atoms with Crippen LogP contribution in [0.15, 0.2) is 83.2 Å². The number of benzene rings is 2. The van der Waals surface area contributed by atoms with Gasteiger partial charge in [0, 0.05) is 23.2 Å². The number of aromatic nitrogens is 2. The number of amides is 1. The maximum Gasteiger partial charge on any atom is 0.292 e. The van der Waals surface area contributed by atoms with E-state index in [2.05, 4.69) is 5.10 Å². The van der Waals surface area contributed by atoms with Gasteiger partial charge in [0.2, 0.25) is 5.91 Å². The monoisotopic (exact) mass is 479 g/mol. The van der Waals surface area contributed by atoms with Gasteiger partial charge in [-0.15, -0.1) is 11.3 Å². The van der Waals surface area contributed by atoms with E-state index >= 15 is 0 Å². The first-order valence-electron chi connectivity index (χ1n) is 10.4. The highest BCUT2D eigenvalue weighted by Gasteiger charge is 2.33. The second-order valence-electron chi connectivity index (χ2n) is 7.80. The Bertz CT molecular complexity index is 1370. The molecule has 2 aromatic heterocycles. The average molecular weight is 480 g/mol. The first-order chi connectivity index (χ1) is 16.0. The summed E-state index contributed by atoms with van der Waals surface area (Å²) in [7, 11) is -3.83. The molecule has 33 heavy (non-hydrogen) atoms. The topological polar surface area (TPSA) is 92.5 Å². The average Bonchev–Trinajstić information content (AvgIpc) is 3.56. The second kappa shape index (κ2) is 8.58. The number of hydrogen-bond acceptors (Lipinski definition) is 6. The molecule has 0 saturated heterocycles. The van der Waals surface area contributed by atoms with Crippen LogP contribution in [0.25, 0.3) is 10.4 Å². The summed E-state index contributed by atoms with van der Waals surface area (Å²) >= 11 is 1.20. The standard InChI is InChI=1S/C24H21N3O4S2/c28-16-20(17-7-3-1-4-8-17)24(29)26-13-19-14-27(25-21(19)15-26)33(30,31)23-12-11-22(32-23)18-9-5-2-6-10-18/h1-12,14,20,28H,13,15-16H2/t20-/m1/s1. The molecule has 0 radical (unpaired) electrons. The van der Waals surface area contributed by atoms with Crippen LogP contribution in [-0.4, -0.2) is 40.1 Å². The summed E-state index contributed by atoms with van der Waals surface area (Å²) in [5.41, 5.74) is 2.94. The Labute approximate surface area is 195 Å². The van der Waals surface area contributed by atoms with Crippen LogP contribution in [0.5, 0.6) is 0 Å². The van der Waals surface area contributed by atoms with Gasteiger partial charge in [-0.2, -0.15) is 17.6 Å². The Hall–Kier alpha value is -3.27. The lowest BCUT2D eigenvalue weighted by atomic mass is 9.98. The van der Waals surface area contributed by atoms with E-state index in [0.29, 0.717) is 11.3 Å². The van der Waals surface area contributed by atoms with Crippen molar-refractivity contribution in [2.45, 2.75) is 23.2 Å². The summed E-state index contributed by atoms with van der Waals surface area (Å²) in [4.78, 5) is 15.5. The van der Waals surface area contributed by atoms with Gasteiger partial charge in [-0.05, 0) is 23.3 Å². The molecule has 1 N–H and O–H groups in total. The van der Waals surface area contributed by atoms with Crippen molar-refractivity contribution in [3.63, 3.8) is 0 Å². The molecule has 0 unspecified atom stereocenters. The van der Waals surface area contributed by atoms with Gasteiger partial charge in [0.15, 0.2) is 0 Å². The highest BCUT2D eigenvalue weighted by Crippen LogP contribution is 2.33. The highest BCUT2D eigenvalue weighted by atomic mass is 32.2. The lowest BCUT2D eigenvalue weighted by molar-refractivity contribution is -0.134. The van der Waals surface area contributed by atoms with Crippen LogP contribution in [-0.2, 0) is 27.9 Å². The number of hydrogen-bond donors (Lipinski definition) is 1. The molecule has 2 aromatic carbocycles. The van der Waals surface area contributed by atoms with Gasteiger partial charge in [0.1, 0.15) is 4.21 Å². The van der Waals surface area contributed by atoms with Gasteiger partial charge in [0.05, 0.1) is 24.8 Å². The van der Waals surface area contributed by atoms with Crippen LogP contribution in [0.3, 0.4) is 0 Å². The van der Waals surface area contributed by atoms with Crippen LogP contribution >= 0.6 is 11.3 Å². The highest BCUT2D eigenvalue weighted by molar-refractivity contribution is 7.92. The van der Waals surface area contributed by atoms with Crippen molar-refractivity contribution in [1.29, 1.82) is 0 Å². The number of aliphatic hydroxyl groups excluding tert-OH is 1. The number of fused-ring (bicyclic) bond motifs is 1. The van der Waals surface area contributed by atoms with Crippen LogP contribution in [0, 0.1) is 0 Å². The summed E-state index contributed by atoms with van der Waals surface area (Å²) in [6.45, 7) is 0.167. The van der Waals surface area contributed by atoms with E-state index in [9.17, 15) is 18.3 Å². The maximum atomic E-state index is 13.1. The second-order valence-corrected chi connectivity index (χ2v) is 10.9. The summed E-state index contributed by atoms with van der Waals surface area (Å²) in [5.74, 6) is -0.865. The van der Waals surface area contributed by atoms with Gasteiger partial charge >= 0.3 is 0 Å². The SMILES string of the molecule is O=C([C@H](CO)c1ccccc1)N1Cc2cn(S(=O)(=O)c3ccc(-c4ccccc4)s3)nc2C1. The molecule has 3 heterocycles. The van der Waals surface area contributed by atoms with E-state index in [0.717, 1.165) is 20.1 Å². The molecule has 1 aliphatic rings. The van der Waals surface area contributed by atoms with Crippen LogP contribution in [0.2, 0.25) is 0 Å². The molecule has 7 nitrogen and oxygen atoms in total. The minimum absolute atomic E-state index is 0.207. The minimum atomic E-state index is -3.83. The Balaban J connectivity index is 1.35. The molecule has 4 aromatic rings. The zero-order valence-electron chi connectivity index (χ0n) is 17.5. The molecular formula is C24H21N3O4S2. The number of aliphatic hydroxyl groups is 1. The Morgan fingerprint density at radius 3 is 2.36 bits per heavy atom. The van der Waals surface area contributed by atoms with E-state index in [1.165, 1.54) is 17.5 Å². The van der Waals surface area contributed by atoms with Crippen molar-refractivity contribution < 1.29 is 18.3 Å². The number of rotatable bonds is 6. The fraction of sp³-hybridized carbons (Fsp3) is 0.167. The van der Waals surface area contributed by atoms with Crippen LogP contribution < -0.4 is 0 Å². The Kier molecular flexibility index (Phi) is 5.61. The van der Waals surface area contributed by atoms with Crippen molar-refractivity contribution in [2.24, 2.45) is 0 Å². The van der Waals surface area contributed by atoms with Crippen LogP contribution in [0.1, 0.15) is 22.7 Å². The largest absolute Gasteiger partial charge is 0.395 e. The first kappa shape index (κ1) is 21.6. The first-order valence-corrected chi connectivity index (χ1v) is 12.7. The Morgan fingerprint density at radius 1 is 1.00 bits per heavy atom. The van der Waals surface area contributed by atoms with Crippen molar-refractivity contribution in [2.75, 3.05) is 6.61 Å². The quantitative estimate of drug-likeness (QED) is 0.457. The van der Waals surface area contributed by atoms with Crippen molar-refractivity contribution in [3.8, 4) is 10.4 Å². The third-order valence-corrected chi connectivity index (χ3v) is 8.83. The molecule has 1 amide bonds. The third kappa shape index (κ3) is 3.99. The molecule has 1 atom stereocenters. The predicted octanol–water partition coefficient (Wildman–Crippen LogP) is 3.47.